The van der Waals surface area contributed by atoms with Crippen LogP contribution < -0.4 is 10.1 Å². The highest BCUT2D eigenvalue weighted by atomic mass is 16.5. The Balaban J connectivity index is 2.28. The molecule has 1 aromatic carbocycles. The Kier molecular flexibility index (Phi) is 3.89. The van der Waals surface area contributed by atoms with Crippen LogP contribution in [-0.2, 0) is 0 Å². The van der Waals surface area contributed by atoms with Crippen LogP contribution in [0.2, 0.25) is 0 Å². The fraction of sp³-hybridized carbons (Fsp3) is 0.200. The number of ether oxygens (including phenoxy) is 1. The highest BCUT2D eigenvalue weighted by Gasteiger charge is 2.15. The molecule has 1 amide bonds. The Morgan fingerprint density at radius 1 is 1.25 bits per heavy atom. The number of carbonyl (C=O) groups is 1. The molecule has 2 aromatic rings. The third-order valence-electron chi connectivity index (χ3n) is 2.94. The van der Waals surface area contributed by atoms with Gasteiger partial charge in [0.05, 0.1) is 24.1 Å². The van der Waals surface area contributed by atoms with Gasteiger partial charge in [-0.1, -0.05) is 6.07 Å². The van der Waals surface area contributed by atoms with E-state index in [2.05, 4.69) is 10.3 Å². The summed E-state index contributed by atoms with van der Waals surface area (Å²) in [4.78, 5) is 16.5. The summed E-state index contributed by atoms with van der Waals surface area (Å²) in [5.74, 6) is -0.322. The first-order valence-electron chi connectivity index (χ1n) is 6.14. The molecule has 0 fully saturated rings. The number of aromatic nitrogens is 1. The van der Waals surface area contributed by atoms with Crippen molar-refractivity contribution in [3.05, 3.63) is 47.3 Å². The molecule has 0 atom stereocenters. The average molecular weight is 272 g/mol. The van der Waals surface area contributed by atoms with Crippen molar-refractivity contribution in [3.8, 4) is 11.5 Å². The summed E-state index contributed by atoms with van der Waals surface area (Å²) in [6.45, 7) is 3.69. The lowest BCUT2D eigenvalue weighted by molar-refractivity contribution is 0.102. The molecule has 0 saturated carbocycles. The molecule has 20 heavy (non-hydrogen) atoms. The normalized spacial score (nSPS) is 10.2. The zero-order chi connectivity index (χ0) is 14.7. The lowest BCUT2D eigenvalue weighted by Crippen LogP contribution is -2.13. The largest absolute Gasteiger partial charge is 0.504 e. The predicted molar refractivity (Wildman–Crippen MR) is 76.3 cm³/mol. The van der Waals surface area contributed by atoms with E-state index < -0.39 is 5.91 Å². The van der Waals surface area contributed by atoms with E-state index in [1.54, 1.807) is 18.2 Å². The van der Waals surface area contributed by atoms with Crippen LogP contribution in [-0.4, -0.2) is 23.1 Å². The number of anilines is 1. The number of aromatic hydroxyl groups is 1. The van der Waals surface area contributed by atoms with Gasteiger partial charge in [0, 0.05) is 5.69 Å². The molecule has 0 aliphatic carbocycles. The fourth-order valence-corrected chi connectivity index (χ4v) is 1.88. The van der Waals surface area contributed by atoms with E-state index in [0.29, 0.717) is 5.69 Å². The topological polar surface area (TPSA) is 71.5 Å². The van der Waals surface area contributed by atoms with Gasteiger partial charge in [-0.2, -0.15) is 0 Å². The molecule has 0 aliphatic rings. The minimum absolute atomic E-state index is 0.157. The number of phenols is 1. The van der Waals surface area contributed by atoms with Crippen molar-refractivity contribution in [3.63, 3.8) is 0 Å². The lowest BCUT2D eigenvalue weighted by atomic mass is 10.1. The molecule has 0 radical (unpaired) electrons. The molecule has 104 valence electrons. The van der Waals surface area contributed by atoms with Crippen molar-refractivity contribution in [2.75, 3.05) is 12.4 Å². The van der Waals surface area contributed by atoms with E-state index >= 15 is 0 Å². The van der Waals surface area contributed by atoms with Gasteiger partial charge >= 0.3 is 0 Å². The number of phenolic OH excluding ortho intramolecular Hbond substituents is 1. The standard InChI is InChI=1S/C15H16N2O3/c1-9-7-8-12(10(2)16-9)17-15(19)11-5-4-6-13(20-3)14(11)18/h4-8,18H,1-3H3,(H,17,19). The van der Waals surface area contributed by atoms with Gasteiger partial charge < -0.3 is 15.2 Å². The number of pyridine rings is 1. The number of benzene rings is 1. The Morgan fingerprint density at radius 2 is 2.00 bits per heavy atom. The molecule has 0 bridgehead atoms. The highest BCUT2D eigenvalue weighted by Crippen LogP contribution is 2.30. The third kappa shape index (κ3) is 2.71. The number of para-hydroxylation sites is 1. The number of aryl methyl sites for hydroxylation is 2. The van der Waals surface area contributed by atoms with Gasteiger partial charge in [0.25, 0.3) is 5.91 Å². The number of nitrogens with one attached hydrogen (secondary N) is 1. The van der Waals surface area contributed by atoms with Gasteiger partial charge in [0.1, 0.15) is 0 Å². The molecule has 2 rings (SSSR count). The maximum absolute atomic E-state index is 12.2. The first kappa shape index (κ1) is 13.9. The number of hydrogen-bond donors (Lipinski definition) is 2. The van der Waals surface area contributed by atoms with Gasteiger partial charge in [-0.05, 0) is 38.1 Å². The van der Waals surface area contributed by atoms with Crippen LogP contribution in [0.4, 0.5) is 5.69 Å². The zero-order valence-electron chi connectivity index (χ0n) is 11.6. The van der Waals surface area contributed by atoms with Gasteiger partial charge in [-0.25, -0.2) is 0 Å². The predicted octanol–water partition coefficient (Wildman–Crippen LogP) is 2.66. The second-order valence-electron chi connectivity index (χ2n) is 4.40. The van der Waals surface area contributed by atoms with Crippen LogP contribution in [0.3, 0.4) is 0 Å². The van der Waals surface area contributed by atoms with Gasteiger partial charge in [-0.3, -0.25) is 9.78 Å². The summed E-state index contributed by atoms with van der Waals surface area (Å²) in [5.41, 5.74) is 2.37. The summed E-state index contributed by atoms with van der Waals surface area (Å²) in [6.07, 6.45) is 0. The summed E-state index contributed by atoms with van der Waals surface area (Å²) < 4.78 is 4.98. The van der Waals surface area contributed by atoms with E-state index in [9.17, 15) is 9.90 Å². The molecule has 1 aromatic heterocycles. The van der Waals surface area contributed by atoms with Crippen molar-refractivity contribution in [1.29, 1.82) is 0 Å². The molecule has 0 unspecified atom stereocenters. The molecular formula is C15H16N2O3. The monoisotopic (exact) mass is 272 g/mol. The molecule has 5 heteroatoms. The average Bonchev–Trinajstić information content (AvgIpc) is 2.42. The first-order chi connectivity index (χ1) is 9.52. The van der Waals surface area contributed by atoms with Crippen LogP contribution in [0, 0.1) is 13.8 Å². The number of carbonyl (C=O) groups excluding carboxylic acids is 1. The number of amides is 1. The van der Waals surface area contributed by atoms with Crippen LogP contribution in [0.1, 0.15) is 21.7 Å². The van der Waals surface area contributed by atoms with E-state index in [1.807, 2.05) is 19.9 Å². The number of methoxy groups -OCH3 is 1. The van der Waals surface area contributed by atoms with Crippen molar-refractivity contribution < 1.29 is 14.6 Å². The lowest BCUT2D eigenvalue weighted by Gasteiger charge is -2.11. The van der Waals surface area contributed by atoms with E-state index in [1.165, 1.54) is 13.2 Å². The van der Waals surface area contributed by atoms with Crippen LogP contribution in [0.25, 0.3) is 0 Å². The number of rotatable bonds is 3. The minimum atomic E-state index is -0.407. The third-order valence-corrected chi connectivity index (χ3v) is 2.94. The molecule has 0 aliphatic heterocycles. The van der Waals surface area contributed by atoms with Crippen molar-refractivity contribution in [2.24, 2.45) is 0 Å². The minimum Gasteiger partial charge on any atom is -0.504 e. The summed E-state index contributed by atoms with van der Waals surface area (Å²) in [7, 11) is 1.44. The second-order valence-corrected chi connectivity index (χ2v) is 4.40. The number of hydrogen-bond acceptors (Lipinski definition) is 4. The maximum atomic E-state index is 12.2. The Labute approximate surface area is 117 Å². The summed E-state index contributed by atoms with van der Waals surface area (Å²) in [6, 6.07) is 8.36. The van der Waals surface area contributed by atoms with Crippen molar-refractivity contribution in [1.82, 2.24) is 4.98 Å². The van der Waals surface area contributed by atoms with Gasteiger partial charge in [0.15, 0.2) is 11.5 Å². The van der Waals surface area contributed by atoms with Gasteiger partial charge in [-0.15, -0.1) is 0 Å². The molecule has 2 N–H and O–H groups in total. The van der Waals surface area contributed by atoms with E-state index in [4.69, 9.17) is 4.74 Å². The van der Waals surface area contributed by atoms with Crippen molar-refractivity contribution in [2.45, 2.75) is 13.8 Å². The van der Waals surface area contributed by atoms with E-state index in [-0.39, 0.29) is 17.1 Å². The Hall–Kier alpha value is -2.56. The second kappa shape index (κ2) is 5.61. The highest BCUT2D eigenvalue weighted by molar-refractivity contribution is 6.06. The summed E-state index contributed by atoms with van der Waals surface area (Å²) >= 11 is 0. The van der Waals surface area contributed by atoms with Crippen LogP contribution >= 0.6 is 0 Å². The smallest absolute Gasteiger partial charge is 0.259 e. The summed E-state index contributed by atoms with van der Waals surface area (Å²) in [5, 5.41) is 12.7. The number of nitrogens with zero attached hydrogens (tertiary/aromatic N) is 1. The molecule has 5 nitrogen and oxygen atoms in total. The van der Waals surface area contributed by atoms with Gasteiger partial charge in [0.2, 0.25) is 0 Å². The quantitative estimate of drug-likeness (QED) is 0.901. The zero-order valence-corrected chi connectivity index (χ0v) is 11.6. The molecular weight excluding hydrogens is 256 g/mol. The Bertz CT molecular complexity index is 654. The maximum Gasteiger partial charge on any atom is 0.259 e. The Morgan fingerprint density at radius 3 is 2.65 bits per heavy atom. The first-order valence-corrected chi connectivity index (χ1v) is 6.14. The van der Waals surface area contributed by atoms with Crippen LogP contribution in [0.15, 0.2) is 30.3 Å². The van der Waals surface area contributed by atoms with Crippen LogP contribution in [0.5, 0.6) is 11.5 Å². The SMILES string of the molecule is COc1cccc(C(=O)Nc2ccc(C)nc2C)c1O. The van der Waals surface area contributed by atoms with Crippen molar-refractivity contribution >= 4 is 11.6 Å². The molecule has 0 saturated heterocycles. The fourth-order valence-electron chi connectivity index (χ4n) is 1.88. The molecule has 1 heterocycles. The van der Waals surface area contributed by atoms with E-state index in [0.717, 1.165) is 11.4 Å². The molecule has 0 spiro atoms.